The van der Waals surface area contributed by atoms with Gasteiger partial charge in [-0.25, -0.2) is 0 Å². The third-order valence-electron chi connectivity index (χ3n) is 4.09. The third-order valence-corrected chi connectivity index (χ3v) is 4.50. The fourth-order valence-electron chi connectivity index (χ4n) is 2.81. The Morgan fingerprint density at radius 1 is 1.40 bits per heavy atom. The molecule has 20 heavy (non-hydrogen) atoms. The molecule has 0 N–H and O–H groups in total. The van der Waals surface area contributed by atoms with Crippen LogP contribution in [0.25, 0.3) is 0 Å². The lowest BCUT2D eigenvalue weighted by Crippen LogP contribution is -2.32. The average molecular weight is 295 g/mol. The fourth-order valence-corrected chi connectivity index (χ4v) is 2.98. The van der Waals surface area contributed by atoms with E-state index in [-0.39, 0.29) is 6.04 Å². The van der Waals surface area contributed by atoms with Gasteiger partial charge in [0, 0.05) is 18.1 Å². The number of rotatable bonds is 4. The molecule has 1 saturated heterocycles. The van der Waals surface area contributed by atoms with Crippen molar-refractivity contribution in [2.45, 2.75) is 38.6 Å². The number of carbonyl (C=O) groups is 1. The molecule has 108 valence electrons. The van der Waals surface area contributed by atoms with Crippen molar-refractivity contribution in [3.63, 3.8) is 0 Å². The molecule has 1 aromatic carbocycles. The van der Waals surface area contributed by atoms with E-state index in [1.807, 2.05) is 19.1 Å². The highest BCUT2D eigenvalue weighted by atomic mass is 35.5. The molecule has 1 amide bonds. The van der Waals surface area contributed by atoms with Crippen LogP contribution < -0.4 is 0 Å². The molecule has 1 fully saturated rings. The molecule has 0 bridgehead atoms. The zero-order chi connectivity index (χ0) is 14.7. The van der Waals surface area contributed by atoms with Crippen LogP contribution >= 0.6 is 11.6 Å². The highest BCUT2D eigenvalue weighted by molar-refractivity contribution is 6.31. The van der Waals surface area contributed by atoms with Gasteiger partial charge in [-0.2, -0.15) is 4.91 Å². The summed E-state index contributed by atoms with van der Waals surface area (Å²) in [5.74, 6) is 0.337. The van der Waals surface area contributed by atoms with Crippen molar-refractivity contribution in [2.24, 2.45) is 5.18 Å². The van der Waals surface area contributed by atoms with Crippen LogP contribution in [0.3, 0.4) is 0 Å². The molecule has 0 spiro atoms. The van der Waals surface area contributed by atoms with Crippen molar-refractivity contribution < 1.29 is 4.79 Å². The summed E-state index contributed by atoms with van der Waals surface area (Å²) in [6, 6.07) is 3.57. The highest BCUT2D eigenvalue weighted by Gasteiger charge is 2.24. The minimum absolute atomic E-state index is 0.337. The number of nitrogens with zero attached hydrogens (tertiary/aromatic N) is 2. The van der Waals surface area contributed by atoms with Gasteiger partial charge in [0.1, 0.15) is 6.04 Å². The summed E-state index contributed by atoms with van der Waals surface area (Å²) in [6.45, 7) is 5.24. The topological polar surface area (TPSA) is 49.7 Å². The van der Waals surface area contributed by atoms with Crippen LogP contribution in [0.4, 0.5) is 0 Å². The Balaban J connectivity index is 2.32. The normalized spacial score (nSPS) is 17.9. The molecule has 0 aliphatic carbocycles. The maximum atomic E-state index is 10.9. The van der Waals surface area contributed by atoms with Crippen molar-refractivity contribution in [1.29, 1.82) is 0 Å². The number of carbonyl (C=O) groups excluding carboxylic acids is 1. The van der Waals surface area contributed by atoms with Crippen molar-refractivity contribution in [2.75, 3.05) is 13.1 Å². The lowest BCUT2D eigenvalue weighted by molar-refractivity contribution is -0.119. The Labute approximate surface area is 124 Å². The Hall–Kier alpha value is -1.42. The standard InChI is InChI=1S/C15H19ClN2O2/c1-10-7-13(11(2)17-20)14(8-15(10)16)12-3-5-18(9-19)6-4-12/h7-9,11-12H,3-6H2,1-2H3/t11-/m0/s1. The molecule has 0 aromatic heterocycles. The molecule has 2 rings (SSSR count). The van der Waals surface area contributed by atoms with Gasteiger partial charge in [0.25, 0.3) is 0 Å². The summed E-state index contributed by atoms with van der Waals surface area (Å²) in [6.07, 6.45) is 2.70. The molecule has 0 saturated carbocycles. The molecule has 1 aliphatic heterocycles. The molecular formula is C15H19ClN2O2. The van der Waals surface area contributed by atoms with Gasteiger partial charge in [0.2, 0.25) is 6.41 Å². The largest absolute Gasteiger partial charge is 0.345 e. The van der Waals surface area contributed by atoms with Gasteiger partial charge < -0.3 is 4.90 Å². The average Bonchev–Trinajstić information content (AvgIpc) is 2.49. The van der Waals surface area contributed by atoms with E-state index < -0.39 is 0 Å². The quantitative estimate of drug-likeness (QED) is 0.626. The summed E-state index contributed by atoms with van der Waals surface area (Å²) >= 11 is 6.23. The summed E-state index contributed by atoms with van der Waals surface area (Å²) in [7, 11) is 0. The first kappa shape index (κ1) is 15.0. The van der Waals surface area contributed by atoms with Gasteiger partial charge in [0.15, 0.2) is 0 Å². The molecule has 1 aliphatic rings. The summed E-state index contributed by atoms with van der Waals surface area (Å²) in [4.78, 5) is 23.5. The maximum Gasteiger partial charge on any atom is 0.209 e. The maximum absolute atomic E-state index is 10.9. The Bertz CT molecular complexity index is 511. The van der Waals surface area contributed by atoms with Gasteiger partial charge in [-0.15, -0.1) is 0 Å². The number of hydrogen-bond donors (Lipinski definition) is 0. The van der Waals surface area contributed by atoms with E-state index in [2.05, 4.69) is 5.18 Å². The Kier molecular flexibility index (Phi) is 4.76. The molecule has 0 radical (unpaired) electrons. The molecule has 1 heterocycles. The summed E-state index contributed by atoms with van der Waals surface area (Å²) in [5.41, 5.74) is 3.04. The van der Waals surface area contributed by atoms with E-state index in [0.717, 1.165) is 54.1 Å². The van der Waals surface area contributed by atoms with Crippen LogP contribution in [0.5, 0.6) is 0 Å². The second-order valence-corrected chi connectivity index (χ2v) is 5.83. The number of halogens is 1. The zero-order valence-corrected chi connectivity index (χ0v) is 12.6. The Morgan fingerprint density at radius 3 is 2.60 bits per heavy atom. The number of nitroso groups, excluding NO2 is 1. The minimum atomic E-state index is -0.370. The van der Waals surface area contributed by atoms with Crippen LogP contribution in [0.2, 0.25) is 5.02 Å². The van der Waals surface area contributed by atoms with E-state index in [1.54, 1.807) is 11.8 Å². The van der Waals surface area contributed by atoms with Gasteiger partial charge in [-0.3, -0.25) is 4.79 Å². The number of hydrogen-bond acceptors (Lipinski definition) is 3. The van der Waals surface area contributed by atoms with E-state index >= 15 is 0 Å². The second-order valence-electron chi connectivity index (χ2n) is 5.43. The monoisotopic (exact) mass is 294 g/mol. The van der Waals surface area contributed by atoms with Gasteiger partial charge in [0.05, 0.1) is 0 Å². The van der Waals surface area contributed by atoms with Crippen LogP contribution in [-0.4, -0.2) is 24.4 Å². The van der Waals surface area contributed by atoms with Crippen molar-refractivity contribution >= 4 is 18.0 Å². The third kappa shape index (κ3) is 3.01. The SMILES string of the molecule is Cc1cc([C@H](C)N=O)c(C2CCN(C=O)CC2)cc1Cl. The number of likely N-dealkylation sites (tertiary alicyclic amines) is 1. The predicted octanol–water partition coefficient (Wildman–Crippen LogP) is 3.81. The number of benzene rings is 1. The molecule has 1 aromatic rings. The van der Waals surface area contributed by atoms with Gasteiger partial charge in [-0.05, 0) is 55.4 Å². The van der Waals surface area contributed by atoms with Crippen LogP contribution in [-0.2, 0) is 4.79 Å². The van der Waals surface area contributed by atoms with Gasteiger partial charge in [-0.1, -0.05) is 22.8 Å². The fraction of sp³-hybridized carbons (Fsp3) is 0.533. The van der Waals surface area contributed by atoms with Crippen LogP contribution in [0.15, 0.2) is 17.3 Å². The first-order valence-corrected chi connectivity index (χ1v) is 7.26. The van der Waals surface area contributed by atoms with E-state index in [0.29, 0.717) is 5.92 Å². The van der Waals surface area contributed by atoms with Crippen LogP contribution in [0, 0.1) is 11.8 Å². The lowest BCUT2D eigenvalue weighted by Gasteiger charge is -2.31. The first-order valence-electron chi connectivity index (χ1n) is 6.88. The smallest absolute Gasteiger partial charge is 0.209 e. The molecule has 1 atom stereocenters. The predicted molar refractivity (Wildman–Crippen MR) is 80.0 cm³/mol. The second kappa shape index (κ2) is 6.35. The Morgan fingerprint density at radius 2 is 2.05 bits per heavy atom. The molecule has 5 heteroatoms. The number of aryl methyl sites for hydroxylation is 1. The number of amides is 1. The zero-order valence-electron chi connectivity index (χ0n) is 11.8. The van der Waals surface area contributed by atoms with Gasteiger partial charge >= 0.3 is 0 Å². The van der Waals surface area contributed by atoms with E-state index in [1.165, 1.54) is 0 Å². The highest BCUT2D eigenvalue weighted by Crippen LogP contribution is 2.36. The minimum Gasteiger partial charge on any atom is -0.345 e. The number of piperidine rings is 1. The van der Waals surface area contributed by atoms with Crippen molar-refractivity contribution in [1.82, 2.24) is 4.90 Å². The molecule has 4 nitrogen and oxygen atoms in total. The first-order chi connectivity index (χ1) is 9.56. The molecule has 0 unspecified atom stereocenters. The van der Waals surface area contributed by atoms with E-state index in [4.69, 9.17) is 11.6 Å². The van der Waals surface area contributed by atoms with Crippen LogP contribution in [0.1, 0.15) is 48.4 Å². The molecular weight excluding hydrogens is 276 g/mol. The van der Waals surface area contributed by atoms with E-state index in [9.17, 15) is 9.70 Å². The van der Waals surface area contributed by atoms with Crippen molar-refractivity contribution in [3.05, 3.63) is 38.8 Å². The van der Waals surface area contributed by atoms with Crippen molar-refractivity contribution in [3.8, 4) is 0 Å². The summed E-state index contributed by atoms with van der Waals surface area (Å²) < 4.78 is 0. The summed E-state index contributed by atoms with van der Waals surface area (Å²) in [5, 5.41) is 3.88. The lowest BCUT2D eigenvalue weighted by atomic mass is 9.84.